The van der Waals surface area contributed by atoms with Crippen molar-refractivity contribution in [3.63, 3.8) is 0 Å². The molecule has 4 rings (SSSR count). The van der Waals surface area contributed by atoms with E-state index >= 15 is 0 Å². The van der Waals surface area contributed by atoms with Gasteiger partial charge in [-0.05, 0) is 62.0 Å². The number of hydrogen-bond donors (Lipinski definition) is 3. The molecular weight excluding hydrogens is 494 g/mol. The first-order chi connectivity index (χ1) is 19.0. The number of carbonyl (C=O) groups excluding carboxylic acids is 2. The van der Waals surface area contributed by atoms with Gasteiger partial charge in [0.15, 0.2) is 0 Å². The Bertz CT molecular complexity index is 1260. The number of amides is 2. The van der Waals surface area contributed by atoms with Gasteiger partial charge in [-0.2, -0.15) is 0 Å². The van der Waals surface area contributed by atoms with E-state index in [4.69, 9.17) is 4.74 Å². The van der Waals surface area contributed by atoms with Crippen LogP contribution in [0.1, 0.15) is 40.1 Å². The van der Waals surface area contributed by atoms with Gasteiger partial charge in [0, 0.05) is 55.5 Å². The van der Waals surface area contributed by atoms with Crippen LogP contribution in [0, 0.1) is 6.92 Å². The van der Waals surface area contributed by atoms with Gasteiger partial charge in [-0.25, -0.2) is 9.97 Å². The Balaban J connectivity index is 1.36. The Labute approximate surface area is 229 Å². The van der Waals surface area contributed by atoms with E-state index in [1.165, 1.54) is 0 Å². The first kappa shape index (κ1) is 28.0. The number of anilines is 4. The summed E-state index contributed by atoms with van der Waals surface area (Å²) in [4.78, 5) is 39.1. The van der Waals surface area contributed by atoms with E-state index in [9.17, 15) is 9.59 Å². The van der Waals surface area contributed by atoms with E-state index in [-0.39, 0.29) is 11.8 Å². The van der Waals surface area contributed by atoms with Crippen LogP contribution in [0.5, 0.6) is 0 Å². The van der Waals surface area contributed by atoms with Crippen LogP contribution in [0.15, 0.2) is 54.9 Å². The second-order valence-electron chi connectivity index (χ2n) is 9.33. The molecule has 206 valence electrons. The maximum absolute atomic E-state index is 13.0. The Hall–Kier alpha value is -4.02. The van der Waals surface area contributed by atoms with Crippen molar-refractivity contribution in [2.75, 3.05) is 73.3 Å². The summed E-state index contributed by atoms with van der Waals surface area (Å²) in [6, 6.07) is 12.5. The normalized spacial score (nSPS) is 13.3. The number of benzene rings is 1. The molecule has 39 heavy (non-hydrogen) atoms. The highest BCUT2D eigenvalue weighted by molar-refractivity contribution is 6.07. The van der Waals surface area contributed by atoms with E-state index in [1.54, 1.807) is 42.7 Å². The fraction of sp³-hybridized carbons (Fsp3) is 0.379. The van der Waals surface area contributed by atoms with E-state index in [2.05, 4.69) is 49.6 Å². The van der Waals surface area contributed by atoms with Gasteiger partial charge in [0.05, 0.1) is 18.8 Å². The minimum absolute atomic E-state index is 0.249. The number of carbonyl (C=O) groups is 2. The predicted octanol–water partition coefficient (Wildman–Crippen LogP) is 3.88. The minimum Gasteiger partial charge on any atom is -0.378 e. The smallest absolute Gasteiger partial charge is 0.257 e. The second-order valence-corrected chi connectivity index (χ2v) is 9.33. The molecular formula is C29H37N7O3. The van der Waals surface area contributed by atoms with Crippen LogP contribution in [0.3, 0.4) is 0 Å². The highest BCUT2D eigenvalue weighted by atomic mass is 16.5. The predicted molar refractivity (Wildman–Crippen MR) is 155 cm³/mol. The number of aromatic nitrogens is 2. The molecule has 3 N–H and O–H groups in total. The van der Waals surface area contributed by atoms with E-state index in [0.717, 1.165) is 56.5 Å². The zero-order valence-electron chi connectivity index (χ0n) is 22.9. The Morgan fingerprint density at radius 2 is 1.72 bits per heavy atom. The number of ether oxygens (including phenoxy) is 1. The summed E-state index contributed by atoms with van der Waals surface area (Å²) in [6.45, 7) is 12.7. The quantitative estimate of drug-likeness (QED) is 0.342. The number of aryl methyl sites for hydroxylation is 1. The lowest BCUT2D eigenvalue weighted by Crippen LogP contribution is -2.36. The zero-order chi connectivity index (χ0) is 27.6. The third-order valence-electron chi connectivity index (χ3n) is 6.74. The summed E-state index contributed by atoms with van der Waals surface area (Å²) in [5.74, 6) is 0.961. The van der Waals surface area contributed by atoms with E-state index < -0.39 is 0 Å². The molecule has 0 atom stereocenters. The number of pyridine rings is 2. The van der Waals surface area contributed by atoms with Gasteiger partial charge in [0.1, 0.15) is 11.6 Å². The van der Waals surface area contributed by atoms with Gasteiger partial charge in [0.2, 0.25) is 0 Å². The molecule has 10 heteroatoms. The van der Waals surface area contributed by atoms with Crippen molar-refractivity contribution in [2.24, 2.45) is 0 Å². The monoisotopic (exact) mass is 531 g/mol. The van der Waals surface area contributed by atoms with Crippen molar-refractivity contribution in [3.8, 4) is 0 Å². The molecule has 1 aliphatic rings. The average molecular weight is 532 g/mol. The highest BCUT2D eigenvalue weighted by Crippen LogP contribution is 2.22. The topological polar surface area (TPSA) is 112 Å². The molecule has 1 saturated heterocycles. The average Bonchev–Trinajstić information content (AvgIpc) is 2.98. The number of rotatable bonds is 11. The van der Waals surface area contributed by atoms with Crippen molar-refractivity contribution in [1.82, 2.24) is 14.9 Å². The van der Waals surface area contributed by atoms with Gasteiger partial charge in [-0.15, -0.1) is 0 Å². The molecule has 10 nitrogen and oxygen atoms in total. The molecule has 2 aromatic heterocycles. The minimum atomic E-state index is -0.270. The number of nitrogens with zero attached hydrogens (tertiary/aromatic N) is 4. The van der Waals surface area contributed by atoms with E-state index in [0.29, 0.717) is 35.7 Å². The number of morpholine rings is 1. The molecule has 1 aliphatic heterocycles. The fourth-order valence-electron chi connectivity index (χ4n) is 4.27. The summed E-state index contributed by atoms with van der Waals surface area (Å²) in [7, 11) is 0. The number of hydrogen-bond acceptors (Lipinski definition) is 8. The molecule has 0 saturated carbocycles. The number of likely N-dealkylation sites (N-methyl/N-ethyl adjacent to an activating group) is 1. The lowest BCUT2D eigenvalue weighted by atomic mass is 10.1. The molecule has 0 radical (unpaired) electrons. The molecule has 2 amide bonds. The SMILES string of the molecule is CCN(CC)CCNc1ccc(C(=O)Nc2cc(NC(=O)c3ccnc(N4CCOCC4)c3)ccc2C)cn1. The molecule has 1 aromatic carbocycles. The molecule has 3 heterocycles. The standard InChI is InChI=1S/C29H37N7O3/c1-4-35(5-2)13-12-30-26-9-7-23(20-32-26)29(38)34-25-19-24(8-6-21(25)3)33-28(37)22-10-11-31-27(18-22)36-14-16-39-17-15-36/h6-11,18-20H,4-5,12-17H2,1-3H3,(H,30,32)(H,33,37)(H,34,38). The molecule has 0 unspecified atom stereocenters. The van der Waals surface area contributed by atoms with Gasteiger partial charge < -0.3 is 30.5 Å². The van der Waals surface area contributed by atoms with Crippen LogP contribution >= 0.6 is 0 Å². The molecule has 0 aliphatic carbocycles. The van der Waals surface area contributed by atoms with Gasteiger partial charge in [-0.3, -0.25) is 9.59 Å². The molecule has 3 aromatic rings. The van der Waals surface area contributed by atoms with E-state index in [1.807, 2.05) is 19.1 Å². The summed E-state index contributed by atoms with van der Waals surface area (Å²) in [6.07, 6.45) is 3.20. The second kappa shape index (κ2) is 13.7. The lowest BCUT2D eigenvalue weighted by molar-refractivity contribution is 0.101. The van der Waals surface area contributed by atoms with Crippen LogP contribution in [0.4, 0.5) is 23.0 Å². The first-order valence-electron chi connectivity index (χ1n) is 13.4. The maximum atomic E-state index is 13.0. The summed E-state index contributed by atoms with van der Waals surface area (Å²) < 4.78 is 5.40. The fourth-order valence-corrected chi connectivity index (χ4v) is 4.27. The Morgan fingerprint density at radius 1 is 0.949 bits per heavy atom. The largest absolute Gasteiger partial charge is 0.378 e. The van der Waals surface area contributed by atoms with Crippen molar-refractivity contribution in [2.45, 2.75) is 20.8 Å². The lowest BCUT2D eigenvalue weighted by Gasteiger charge is -2.27. The van der Waals surface area contributed by atoms with Crippen molar-refractivity contribution < 1.29 is 14.3 Å². The van der Waals surface area contributed by atoms with Crippen LogP contribution in [0.2, 0.25) is 0 Å². The molecule has 0 spiro atoms. The van der Waals surface area contributed by atoms with Gasteiger partial charge in [-0.1, -0.05) is 19.9 Å². The third kappa shape index (κ3) is 7.75. The van der Waals surface area contributed by atoms with Crippen LogP contribution < -0.4 is 20.9 Å². The molecule has 1 fully saturated rings. The van der Waals surface area contributed by atoms with Crippen LogP contribution in [-0.4, -0.2) is 79.2 Å². The number of nitrogens with one attached hydrogen (secondary N) is 3. The highest BCUT2D eigenvalue weighted by Gasteiger charge is 2.16. The Morgan fingerprint density at radius 3 is 2.44 bits per heavy atom. The van der Waals surface area contributed by atoms with Crippen molar-refractivity contribution in [1.29, 1.82) is 0 Å². The zero-order valence-corrected chi connectivity index (χ0v) is 22.9. The summed E-state index contributed by atoms with van der Waals surface area (Å²) >= 11 is 0. The maximum Gasteiger partial charge on any atom is 0.257 e. The first-order valence-corrected chi connectivity index (χ1v) is 13.4. The van der Waals surface area contributed by atoms with Crippen molar-refractivity contribution in [3.05, 3.63) is 71.5 Å². The molecule has 0 bridgehead atoms. The van der Waals surface area contributed by atoms with Gasteiger partial charge in [0.25, 0.3) is 11.8 Å². The van der Waals surface area contributed by atoms with Crippen LogP contribution in [0.25, 0.3) is 0 Å². The van der Waals surface area contributed by atoms with Crippen molar-refractivity contribution >= 4 is 34.8 Å². The Kier molecular flexibility index (Phi) is 9.82. The summed E-state index contributed by atoms with van der Waals surface area (Å²) in [5, 5.41) is 9.16. The third-order valence-corrected chi connectivity index (χ3v) is 6.74. The van der Waals surface area contributed by atoms with Gasteiger partial charge >= 0.3 is 0 Å². The van der Waals surface area contributed by atoms with Crippen LogP contribution in [-0.2, 0) is 4.74 Å². The summed E-state index contributed by atoms with van der Waals surface area (Å²) in [5.41, 5.74) is 3.03.